The molecule has 1 amide bonds. The third-order valence-electron chi connectivity index (χ3n) is 1.79. The third-order valence-corrected chi connectivity index (χ3v) is 1.79. The van der Waals surface area contributed by atoms with Crippen molar-refractivity contribution in [2.24, 2.45) is 11.1 Å². The molecule has 4 N–H and O–H groups in total. The number of carboxylic acid groups (broad SMARTS) is 1. The normalized spacial score (nSPS) is 13.4. The zero-order chi connectivity index (χ0) is 11.4. The topological polar surface area (TPSA) is 92.4 Å². The number of carbonyl (C=O) groups excluding carboxylic acids is 1. The second-order valence-electron chi connectivity index (χ2n) is 4.24. The van der Waals surface area contributed by atoms with Gasteiger partial charge < -0.3 is 16.2 Å². The molecule has 0 saturated heterocycles. The number of aliphatic carboxylic acids is 1. The van der Waals surface area contributed by atoms with Crippen LogP contribution in [0.4, 0.5) is 0 Å². The van der Waals surface area contributed by atoms with Crippen molar-refractivity contribution in [1.29, 1.82) is 0 Å². The van der Waals surface area contributed by atoms with E-state index >= 15 is 0 Å². The van der Waals surface area contributed by atoms with Crippen molar-refractivity contribution in [3.05, 3.63) is 0 Å². The van der Waals surface area contributed by atoms with Gasteiger partial charge in [0.1, 0.15) is 6.04 Å². The Balaban J connectivity index is 4.40. The van der Waals surface area contributed by atoms with E-state index in [9.17, 15) is 9.59 Å². The van der Waals surface area contributed by atoms with Gasteiger partial charge in [-0.25, -0.2) is 4.79 Å². The maximum atomic E-state index is 11.2. The lowest BCUT2D eigenvalue weighted by molar-refractivity contribution is -0.144. The van der Waals surface area contributed by atoms with E-state index in [1.54, 1.807) is 20.8 Å². The molecule has 0 aromatic rings. The molecule has 0 aromatic carbocycles. The van der Waals surface area contributed by atoms with Gasteiger partial charge in [0.25, 0.3) is 0 Å². The summed E-state index contributed by atoms with van der Waals surface area (Å²) >= 11 is 0. The minimum atomic E-state index is -1.03. The molecule has 0 unspecified atom stereocenters. The molecule has 0 aromatic heterocycles. The van der Waals surface area contributed by atoms with Crippen LogP contribution in [0.5, 0.6) is 0 Å². The molecule has 5 nitrogen and oxygen atoms in total. The summed E-state index contributed by atoms with van der Waals surface area (Å²) in [5.74, 6) is -1.35. The average Bonchev–Trinajstić information content (AvgIpc) is 1.98. The van der Waals surface area contributed by atoms with Gasteiger partial charge in [-0.15, -0.1) is 0 Å². The molecule has 0 radical (unpaired) electrons. The van der Waals surface area contributed by atoms with Gasteiger partial charge in [-0.2, -0.15) is 0 Å². The first-order chi connectivity index (χ1) is 6.29. The van der Waals surface area contributed by atoms with Gasteiger partial charge in [0.15, 0.2) is 0 Å². The van der Waals surface area contributed by atoms with Gasteiger partial charge in [0.05, 0.1) is 0 Å². The Morgan fingerprint density at radius 3 is 2.21 bits per heavy atom. The fourth-order valence-corrected chi connectivity index (χ4v) is 1.01. The van der Waals surface area contributed by atoms with Crippen LogP contribution in [0.2, 0.25) is 0 Å². The molecule has 1 atom stereocenters. The Labute approximate surface area is 83.7 Å². The van der Waals surface area contributed by atoms with E-state index in [1.807, 2.05) is 0 Å². The van der Waals surface area contributed by atoms with Crippen molar-refractivity contribution in [3.8, 4) is 0 Å². The Hall–Kier alpha value is -1.10. The molecule has 0 saturated carbocycles. The highest BCUT2D eigenvalue weighted by Crippen LogP contribution is 2.19. The Morgan fingerprint density at radius 2 is 1.93 bits per heavy atom. The second kappa shape index (κ2) is 4.95. The molecular formula is C9H18N2O3. The molecule has 0 fully saturated rings. The van der Waals surface area contributed by atoms with Crippen molar-refractivity contribution in [2.45, 2.75) is 33.2 Å². The van der Waals surface area contributed by atoms with Crippen molar-refractivity contribution in [2.75, 3.05) is 6.54 Å². The number of rotatable bonds is 4. The fraction of sp³-hybridized carbons (Fsp3) is 0.778. The molecule has 14 heavy (non-hydrogen) atoms. The molecule has 82 valence electrons. The molecule has 0 aliphatic rings. The number of hydrogen-bond acceptors (Lipinski definition) is 3. The van der Waals surface area contributed by atoms with E-state index in [0.717, 1.165) is 0 Å². The van der Waals surface area contributed by atoms with Crippen LogP contribution in [-0.4, -0.2) is 29.6 Å². The van der Waals surface area contributed by atoms with E-state index in [-0.39, 0.29) is 18.9 Å². The van der Waals surface area contributed by atoms with E-state index in [1.165, 1.54) is 0 Å². The summed E-state index contributed by atoms with van der Waals surface area (Å²) < 4.78 is 0. The van der Waals surface area contributed by atoms with Crippen LogP contribution in [-0.2, 0) is 9.59 Å². The molecule has 0 heterocycles. The van der Waals surface area contributed by atoms with Gasteiger partial charge in [0, 0.05) is 13.0 Å². The van der Waals surface area contributed by atoms with Gasteiger partial charge in [0.2, 0.25) is 5.91 Å². The summed E-state index contributed by atoms with van der Waals surface area (Å²) in [5, 5.41) is 11.3. The second-order valence-corrected chi connectivity index (χ2v) is 4.24. The molecule has 0 aliphatic carbocycles. The molecule has 0 aliphatic heterocycles. The molecule has 0 bridgehead atoms. The first-order valence-electron chi connectivity index (χ1n) is 4.51. The maximum Gasteiger partial charge on any atom is 0.326 e. The van der Waals surface area contributed by atoms with Crippen LogP contribution >= 0.6 is 0 Å². The number of carbonyl (C=O) groups is 2. The maximum absolute atomic E-state index is 11.2. The largest absolute Gasteiger partial charge is 0.480 e. The Morgan fingerprint density at radius 1 is 1.43 bits per heavy atom. The van der Waals surface area contributed by atoms with Gasteiger partial charge in [-0.05, 0) is 5.41 Å². The van der Waals surface area contributed by atoms with E-state index < -0.39 is 17.4 Å². The zero-order valence-electron chi connectivity index (χ0n) is 8.83. The number of nitrogens with one attached hydrogen (secondary N) is 1. The van der Waals surface area contributed by atoms with Crippen molar-refractivity contribution < 1.29 is 14.7 Å². The SMILES string of the molecule is CC(C)(C)[C@H](NC(=O)CCN)C(=O)O. The predicted octanol–water partition coefficient (Wildman–Crippen LogP) is -0.0493. The highest BCUT2D eigenvalue weighted by atomic mass is 16.4. The van der Waals surface area contributed by atoms with E-state index in [0.29, 0.717) is 0 Å². The first kappa shape index (κ1) is 12.9. The van der Waals surface area contributed by atoms with Crippen LogP contribution in [0.15, 0.2) is 0 Å². The summed E-state index contributed by atoms with van der Waals surface area (Å²) in [6.07, 6.45) is 0.153. The monoisotopic (exact) mass is 202 g/mol. The number of nitrogens with two attached hydrogens (primary N) is 1. The first-order valence-corrected chi connectivity index (χ1v) is 4.51. The summed E-state index contributed by atoms with van der Waals surface area (Å²) in [6.45, 7) is 5.50. The van der Waals surface area contributed by atoms with Crippen LogP contribution in [0, 0.1) is 5.41 Å². The van der Waals surface area contributed by atoms with Crippen LogP contribution in [0.25, 0.3) is 0 Å². The molecule has 0 spiro atoms. The van der Waals surface area contributed by atoms with Gasteiger partial charge in [-0.1, -0.05) is 20.8 Å². The van der Waals surface area contributed by atoms with Crippen molar-refractivity contribution >= 4 is 11.9 Å². The smallest absolute Gasteiger partial charge is 0.326 e. The third kappa shape index (κ3) is 4.23. The summed E-state index contributed by atoms with van der Waals surface area (Å²) in [6, 6.07) is -0.874. The lowest BCUT2D eigenvalue weighted by Crippen LogP contribution is -2.49. The highest BCUT2D eigenvalue weighted by Gasteiger charge is 2.32. The minimum absolute atomic E-state index is 0.153. The van der Waals surface area contributed by atoms with E-state index in [2.05, 4.69) is 5.32 Å². The Bertz CT molecular complexity index is 221. The van der Waals surface area contributed by atoms with Gasteiger partial charge in [-0.3, -0.25) is 4.79 Å². The highest BCUT2D eigenvalue weighted by molar-refractivity contribution is 5.84. The molecule has 5 heteroatoms. The predicted molar refractivity (Wildman–Crippen MR) is 52.7 cm³/mol. The van der Waals surface area contributed by atoms with Crippen molar-refractivity contribution in [1.82, 2.24) is 5.32 Å². The number of carboxylic acids is 1. The molecular weight excluding hydrogens is 184 g/mol. The lowest BCUT2D eigenvalue weighted by Gasteiger charge is -2.27. The summed E-state index contributed by atoms with van der Waals surface area (Å²) in [7, 11) is 0. The molecule has 0 rings (SSSR count). The Kier molecular flexibility index (Phi) is 4.56. The average molecular weight is 202 g/mol. The van der Waals surface area contributed by atoms with E-state index in [4.69, 9.17) is 10.8 Å². The summed E-state index contributed by atoms with van der Waals surface area (Å²) in [4.78, 5) is 22.0. The van der Waals surface area contributed by atoms with Crippen LogP contribution in [0.3, 0.4) is 0 Å². The summed E-state index contributed by atoms with van der Waals surface area (Å²) in [5.41, 5.74) is 4.68. The zero-order valence-corrected chi connectivity index (χ0v) is 8.83. The number of amides is 1. The standard InChI is InChI=1S/C9H18N2O3/c1-9(2,3)7(8(13)14)11-6(12)4-5-10/h7H,4-5,10H2,1-3H3,(H,11,12)(H,13,14)/t7-/m1/s1. The fourth-order valence-electron chi connectivity index (χ4n) is 1.01. The van der Waals surface area contributed by atoms with Crippen LogP contribution < -0.4 is 11.1 Å². The minimum Gasteiger partial charge on any atom is -0.480 e. The van der Waals surface area contributed by atoms with Crippen LogP contribution in [0.1, 0.15) is 27.2 Å². The lowest BCUT2D eigenvalue weighted by atomic mass is 9.86. The number of hydrogen-bond donors (Lipinski definition) is 3. The van der Waals surface area contributed by atoms with Gasteiger partial charge >= 0.3 is 5.97 Å². The quantitative estimate of drug-likeness (QED) is 0.596. The van der Waals surface area contributed by atoms with Crippen molar-refractivity contribution in [3.63, 3.8) is 0 Å².